The quantitative estimate of drug-likeness (QED) is 0.892. The summed E-state index contributed by atoms with van der Waals surface area (Å²) in [6, 6.07) is 5.87. The first kappa shape index (κ1) is 12.6. The van der Waals surface area contributed by atoms with E-state index in [1.165, 1.54) is 5.57 Å². The molecule has 0 spiro atoms. The van der Waals surface area contributed by atoms with Crippen LogP contribution in [0, 0.1) is 0 Å². The van der Waals surface area contributed by atoms with E-state index in [-0.39, 0.29) is 0 Å². The Hall–Kier alpha value is -2.43. The van der Waals surface area contributed by atoms with Crippen LogP contribution in [0.15, 0.2) is 48.3 Å². The van der Waals surface area contributed by atoms with Crippen molar-refractivity contribution in [2.75, 3.05) is 31.2 Å². The number of rotatable bonds is 4. The van der Waals surface area contributed by atoms with Crippen molar-refractivity contribution in [1.29, 1.82) is 0 Å². The maximum Gasteiger partial charge on any atom is 0.172 e. The van der Waals surface area contributed by atoms with Gasteiger partial charge in [-0.25, -0.2) is 4.52 Å². The van der Waals surface area contributed by atoms with Crippen molar-refractivity contribution in [3.63, 3.8) is 0 Å². The van der Waals surface area contributed by atoms with E-state index in [0.29, 0.717) is 5.69 Å². The second-order valence-electron chi connectivity index (χ2n) is 5.00. The Bertz CT molecular complexity index is 668. The standard InChI is InChI=1S/C15H19N5/c1-19-10-6-12(7-11-19)5-8-17-15-14(16)13-4-2-3-9-20(13)18-15/h2-4,6-7,9-10H,5,8,11,16H2,1H3,(H,17,18). The van der Waals surface area contributed by atoms with Gasteiger partial charge in [0.25, 0.3) is 0 Å². The van der Waals surface area contributed by atoms with Crippen LogP contribution in [0.1, 0.15) is 6.42 Å². The van der Waals surface area contributed by atoms with E-state index in [2.05, 4.69) is 40.7 Å². The molecule has 104 valence electrons. The van der Waals surface area contributed by atoms with Gasteiger partial charge in [-0.15, -0.1) is 5.10 Å². The van der Waals surface area contributed by atoms with Crippen LogP contribution in [0.3, 0.4) is 0 Å². The van der Waals surface area contributed by atoms with E-state index >= 15 is 0 Å². The summed E-state index contributed by atoms with van der Waals surface area (Å²) in [5.41, 5.74) is 9.09. The van der Waals surface area contributed by atoms with Crippen LogP contribution >= 0.6 is 0 Å². The number of likely N-dealkylation sites (N-methyl/N-ethyl adjacent to an activating group) is 1. The number of anilines is 2. The average Bonchev–Trinajstić information content (AvgIpc) is 2.78. The normalized spacial score (nSPS) is 14.7. The third-order valence-electron chi connectivity index (χ3n) is 3.47. The highest BCUT2D eigenvalue weighted by Crippen LogP contribution is 2.22. The molecule has 0 aliphatic carbocycles. The van der Waals surface area contributed by atoms with Crippen molar-refractivity contribution in [3.8, 4) is 0 Å². The molecule has 20 heavy (non-hydrogen) atoms. The number of nitrogens with one attached hydrogen (secondary N) is 1. The molecule has 3 rings (SSSR count). The molecule has 3 heterocycles. The number of hydrogen-bond acceptors (Lipinski definition) is 4. The number of nitrogen functional groups attached to an aromatic ring is 1. The Morgan fingerprint density at radius 3 is 3.05 bits per heavy atom. The number of fused-ring (bicyclic) bond motifs is 1. The van der Waals surface area contributed by atoms with Crippen molar-refractivity contribution in [3.05, 3.63) is 48.3 Å². The average molecular weight is 269 g/mol. The Labute approximate surface area is 118 Å². The first-order chi connectivity index (χ1) is 9.74. The summed E-state index contributed by atoms with van der Waals surface area (Å²) < 4.78 is 1.80. The fraction of sp³-hybridized carbons (Fsp3) is 0.267. The van der Waals surface area contributed by atoms with Gasteiger partial charge in [-0.3, -0.25) is 0 Å². The fourth-order valence-corrected chi connectivity index (χ4v) is 2.27. The van der Waals surface area contributed by atoms with Crippen LogP contribution in [-0.2, 0) is 0 Å². The minimum absolute atomic E-state index is 0.707. The number of allylic oxidation sites excluding steroid dienone is 1. The summed E-state index contributed by atoms with van der Waals surface area (Å²) in [4.78, 5) is 2.15. The van der Waals surface area contributed by atoms with Crippen molar-refractivity contribution in [2.45, 2.75) is 6.42 Å². The lowest BCUT2D eigenvalue weighted by molar-refractivity contribution is 0.501. The summed E-state index contributed by atoms with van der Waals surface area (Å²) in [5.74, 6) is 0.758. The van der Waals surface area contributed by atoms with Crippen LogP contribution in [0.5, 0.6) is 0 Å². The lowest BCUT2D eigenvalue weighted by atomic mass is 10.1. The van der Waals surface area contributed by atoms with E-state index in [0.717, 1.165) is 30.8 Å². The van der Waals surface area contributed by atoms with Gasteiger partial charge in [0.05, 0.1) is 5.52 Å². The Balaban J connectivity index is 1.63. The first-order valence-corrected chi connectivity index (χ1v) is 6.78. The molecular formula is C15H19N5. The number of pyridine rings is 1. The molecule has 5 nitrogen and oxygen atoms in total. The molecule has 1 aliphatic heterocycles. The van der Waals surface area contributed by atoms with Gasteiger partial charge < -0.3 is 16.0 Å². The molecule has 0 radical (unpaired) electrons. The summed E-state index contributed by atoms with van der Waals surface area (Å²) in [7, 11) is 2.07. The van der Waals surface area contributed by atoms with Crippen LogP contribution in [0.4, 0.5) is 11.5 Å². The molecule has 2 aromatic heterocycles. The van der Waals surface area contributed by atoms with Crippen molar-refractivity contribution < 1.29 is 0 Å². The number of nitrogens with zero attached hydrogens (tertiary/aromatic N) is 3. The second-order valence-corrected chi connectivity index (χ2v) is 5.00. The zero-order chi connectivity index (χ0) is 13.9. The third-order valence-corrected chi connectivity index (χ3v) is 3.47. The number of hydrogen-bond donors (Lipinski definition) is 2. The van der Waals surface area contributed by atoms with Crippen LogP contribution < -0.4 is 11.1 Å². The van der Waals surface area contributed by atoms with Crippen LogP contribution in [0.2, 0.25) is 0 Å². The highest BCUT2D eigenvalue weighted by Gasteiger charge is 2.08. The molecule has 1 aliphatic rings. The molecule has 0 saturated carbocycles. The molecule has 0 saturated heterocycles. The number of aromatic nitrogens is 2. The van der Waals surface area contributed by atoms with Crippen molar-refractivity contribution in [1.82, 2.24) is 14.5 Å². The van der Waals surface area contributed by atoms with Gasteiger partial charge in [0.1, 0.15) is 5.69 Å². The van der Waals surface area contributed by atoms with E-state index in [9.17, 15) is 0 Å². The predicted octanol–water partition coefficient (Wildman–Crippen LogP) is 2.10. The topological polar surface area (TPSA) is 58.6 Å². The molecule has 3 N–H and O–H groups in total. The Morgan fingerprint density at radius 2 is 2.30 bits per heavy atom. The van der Waals surface area contributed by atoms with Gasteiger partial charge >= 0.3 is 0 Å². The maximum absolute atomic E-state index is 6.10. The smallest absolute Gasteiger partial charge is 0.172 e. The minimum Gasteiger partial charge on any atom is -0.394 e. The molecule has 0 amide bonds. The lowest BCUT2D eigenvalue weighted by Crippen LogP contribution is -2.14. The van der Waals surface area contributed by atoms with Crippen LogP contribution in [-0.4, -0.2) is 34.7 Å². The monoisotopic (exact) mass is 269 g/mol. The van der Waals surface area contributed by atoms with Crippen molar-refractivity contribution in [2.24, 2.45) is 0 Å². The molecule has 2 aromatic rings. The lowest BCUT2D eigenvalue weighted by Gasteiger charge is -2.17. The van der Waals surface area contributed by atoms with Crippen molar-refractivity contribution >= 4 is 17.0 Å². The van der Waals surface area contributed by atoms with Gasteiger partial charge in [-0.05, 0) is 36.4 Å². The second kappa shape index (κ2) is 5.28. The van der Waals surface area contributed by atoms with Gasteiger partial charge in [-0.2, -0.15) is 0 Å². The molecule has 0 aromatic carbocycles. The molecule has 5 heteroatoms. The van der Waals surface area contributed by atoms with Gasteiger partial charge in [0.15, 0.2) is 5.82 Å². The zero-order valence-corrected chi connectivity index (χ0v) is 11.6. The third kappa shape index (κ3) is 2.47. The van der Waals surface area contributed by atoms with E-state index in [4.69, 9.17) is 5.73 Å². The Morgan fingerprint density at radius 1 is 1.40 bits per heavy atom. The zero-order valence-electron chi connectivity index (χ0n) is 11.6. The molecule has 0 unspecified atom stereocenters. The summed E-state index contributed by atoms with van der Waals surface area (Å²) in [6.07, 6.45) is 9.37. The SMILES string of the molecule is CN1C=CC(CCNc2nn3ccccc3c2N)=CC1. The largest absolute Gasteiger partial charge is 0.394 e. The summed E-state index contributed by atoms with van der Waals surface area (Å²) in [6.45, 7) is 1.80. The van der Waals surface area contributed by atoms with Gasteiger partial charge in [0, 0.05) is 26.3 Å². The van der Waals surface area contributed by atoms with E-state index in [1.54, 1.807) is 4.52 Å². The van der Waals surface area contributed by atoms with Crippen LogP contribution in [0.25, 0.3) is 5.52 Å². The molecule has 0 fully saturated rings. The highest BCUT2D eigenvalue weighted by atomic mass is 15.3. The predicted molar refractivity (Wildman–Crippen MR) is 82.6 cm³/mol. The Kier molecular flexibility index (Phi) is 3.33. The van der Waals surface area contributed by atoms with E-state index in [1.807, 2.05) is 24.4 Å². The molecule has 0 atom stereocenters. The minimum atomic E-state index is 0.707. The highest BCUT2D eigenvalue weighted by molar-refractivity contribution is 5.80. The fourth-order valence-electron chi connectivity index (χ4n) is 2.27. The maximum atomic E-state index is 6.10. The molecule has 0 bridgehead atoms. The van der Waals surface area contributed by atoms with E-state index < -0.39 is 0 Å². The number of nitrogens with two attached hydrogens (primary N) is 1. The van der Waals surface area contributed by atoms with Gasteiger partial charge in [-0.1, -0.05) is 12.1 Å². The summed E-state index contributed by atoms with van der Waals surface area (Å²) in [5, 5.41) is 7.76. The summed E-state index contributed by atoms with van der Waals surface area (Å²) >= 11 is 0. The molecular weight excluding hydrogens is 250 g/mol. The van der Waals surface area contributed by atoms with Gasteiger partial charge in [0.2, 0.25) is 0 Å². The first-order valence-electron chi connectivity index (χ1n) is 6.78.